The van der Waals surface area contributed by atoms with Crippen LogP contribution in [0.5, 0.6) is 0 Å². The first-order chi connectivity index (χ1) is 9.65. The van der Waals surface area contributed by atoms with Gasteiger partial charge < -0.3 is 15.4 Å². The molecule has 2 N–H and O–H groups in total. The first-order valence-corrected chi connectivity index (χ1v) is 7.77. The van der Waals surface area contributed by atoms with Crippen molar-refractivity contribution in [2.45, 2.75) is 32.1 Å². The van der Waals surface area contributed by atoms with Gasteiger partial charge >= 0.3 is 0 Å². The van der Waals surface area contributed by atoms with Crippen LogP contribution < -0.4 is 5.73 Å². The lowest BCUT2D eigenvalue weighted by atomic mass is 9.96. The highest BCUT2D eigenvalue weighted by atomic mass is 16.5. The molecule has 1 aromatic carbocycles. The minimum absolute atomic E-state index is 0.590. The fraction of sp³-hybridized carbons (Fsp3) is 0.647. The maximum absolute atomic E-state index is 5.73. The summed E-state index contributed by atoms with van der Waals surface area (Å²) in [7, 11) is 2.24. The van der Waals surface area contributed by atoms with E-state index in [4.69, 9.17) is 10.5 Å². The van der Waals surface area contributed by atoms with Gasteiger partial charge in [0.05, 0.1) is 0 Å². The van der Waals surface area contributed by atoms with Gasteiger partial charge in [0.1, 0.15) is 0 Å². The predicted molar refractivity (Wildman–Crippen MR) is 84.9 cm³/mol. The fourth-order valence-corrected chi connectivity index (χ4v) is 2.87. The lowest BCUT2D eigenvalue weighted by Gasteiger charge is -2.27. The molecule has 1 fully saturated rings. The smallest absolute Gasteiger partial charge is 0.0469 e. The SMILES string of the molecule is CC(CCN(C)CC1CCOCC1)c1ccc(N)cc1. The van der Waals surface area contributed by atoms with Gasteiger partial charge in [0.15, 0.2) is 0 Å². The second-order valence-corrected chi connectivity index (χ2v) is 6.17. The Balaban J connectivity index is 1.71. The van der Waals surface area contributed by atoms with Crippen LogP contribution in [0.2, 0.25) is 0 Å². The van der Waals surface area contributed by atoms with Crippen molar-refractivity contribution >= 4 is 5.69 Å². The number of nitrogens with two attached hydrogens (primary N) is 1. The van der Waals surface area contributed by atoms with Crippen molar-refractivity contribution in [1.82, 2.24) is 4.90 Å². The molecule has 0 saturated carbocycles. The van der Waals surface area contributed by atoms with Crippen molar-refractivity contribution in [3.63, 3.8) is 0 Å². The van der Waals surface area contributed by atoms with E-state index in [9.17, 15) is 0 Å². The second kappa shape index (κ2) is 7.65. The Hall–Kier alpha value is -1.06. The van der Waals surface area contributed by atoms with E-state index in [0.29, 0.717) is 5.92 Å². The standard InChI is InChI=1S/C17H28N2O/c1-14(16-3-5-17(18)6-4-16)7-10-19(2)13-15-8-11-20-12-9-15/h3-6,14-15H,7-13,18H2,1-2H3. The lowest BCUT2D eigenvalue weighted by Crippen LogP contribution is -2.30. The van der Waals surface area contributed by atoms with E-state index in [2.05, 4.69) is 31.0 Å². The van der Waals surface area contributed by atoms with Crippen molar-refractivity contribution in [2.75, 3.05) is 39.1 Å². The van der Waals surface area contributed by atoms with Gasteiger partial charge in [-0.25, -0.2) is 0 Å². The molecule has 0 aromatic heterocycles. The van der Waals surface area contributed by atoms with E-state index in [-0.39, 0.29) is 0 Å². The van der Waals surface area contributed by atoms with Crippen LogP contribution in [-0.2, 0) is 4.74 Å². The summed E-state index contributed by atoms with van der Waals surface area (Å²) in [6.45, 7) is 6.55. The zero-order valence-corrected chi connectivity index (χ0v) is 12.8. The van der Waals surface area contributed by atoms with E-state index in [0.717, 1.165) is 31.4 Å². The molecule has 20 heavy (non-hydrogen) atoms. The maximum atomic E-state index is 5.73. The second-order valence-electron chi connectivity index (χ2n) is 6.17. The molecule has 1 heterocycles. The van der Waals surface area contributed by atoms with Crippen LogP contribution in [-0.4, -0.2) is 38.3 Å². The van der Waals surface area contributed by atoms with E-state index in [1.165, 1.54) is 31.4 Å². The third-order valence-corrected chi connectivity index (χ3v) is 4.36. The molecule has 1 saturated heterocycles. The van der Waals surface area contributed by atoms with Gasteiger partial charge in [0.2, 0.25) is 0 Å². The minimum atomic E-state index is 0.590. The predicted octanol–water partition coefficient (Wildman–Crippen LogP) is 3.12. The normalized spacial score (nSPS) is 18.4. The molecule has 0 spiro atoms. The van der Waals surface area contributed by atoms with Gasteiger partial charge in [-0.15, -0.1) is 0 Å². The highest BCUT2D eigenvalue weighted by molar-refractivity contribution is 5.40. The summed E-state index contributed by atoms with van der Waals surface area (Å²) >= 11 is 0. The Morgan fingerprint density at radius 1 is 1.25 bits per heavy atom. The van der Waals surface area contributed by atoms with Crippen LogP contribution in [0.25, 0.3) is 0 Å². The largest absolute Gasteiger partial charge is 0.399 e. The fourth-order valence-electron chi connectivity index (χ4n) is 2.87. The average Bonchev–Trinajstić information content (AvgIpc) is 2.46. The van der Waals surface area contributed by atoms with Crippen LogP contribution in [0, 0.1) is 5.92 Å². The topological polar surface area (TPSA) is 38.5 Å². The van der Waals surface area contributed by atoms with E-state index in [1.807, 2.05) is 12.1 Å². The van der Waals surface area contributed by atoms with Crippen LogP contribution in [0.1, 0.15) is 37.7 Å². The zero-order chi connectivity index (χ0) is 14.4. The van der Waals surface area contributed by atoms with E-state index < -0.39 is 0 Å². The Bertz CT molecular complexity index is 384. The van der Waals surface area contributed by atoms with E-state index >= 15 is 0 Å². The Labute approximate surface area is 123 Å². The average molecular weight is 276 g/mol. The van der Waals surface area contributed by atoms with Gasteiger partial charge in [0.25, 0.3) is 0 Å². The zero-order valence-electron chi connectivity index (χ0n) is 12.8. The highest BCUT2D eigenvalue weighted by Gasteiger charge is 2.16. The highest BCUT2D eigenvalue weighted by Crippen LogP contribution is 2.21. The number of hydrogen-bond acceptors (Lipinski definition) is 3. The third kappa shape index (κ3) is 4.80. The molecule has 2 rings (SSSR count). The summed E-state index contributed by atoms with van der Waals surface area (Å²) in [4.78, 5) is 2.48. The molecule has 0 bridgehead atoms. The Morgan fingerprint density at radius 3 is 2.55 bits per heavy atom. The molecule has 1 atom stereocenters. The number of anilines is 1. The van der Waals surface area contributed by atoms with Crippen molar-refractivity contribution in [2.24, 2.45) is 5.92 Å². The molecular formula is C17H28N2O. The van der Waals surface area contributed by atoms with Crippen LogP contribution in [0.3, 0.4) is 0 Å². The van der Waals surface area contributed by atoms with Crippen molar-refractivity contribution < 1.29 is 4.74 Å². The quantitative estimate of drug-likeness (QED) is 0.811. The van der Waals surface area contributed by atoms with Crippen LogP contribution in [0.15, 0.2) is 24.3 Å². The summed E-state index contributed by atoms with van der Waals surface area (Å²) in [6, 6.07) is 8.30. The van der Waals surface area contributed by atoms with Gasteiger partial charge in [-0.3, -0.25) is 0 Å². The number of hydrogen-bond donors (Lipinski definition) is 1. The van der Waals surface area contributed by atoms with Crippen LogP contribution in [0.4, 0.5) is 5.69 Å². The van der Waals surface area contributed by atoms with Gasteiger partial charge in [-0.2, -0.15) is 0 Å². The molecule has 1 aliphatic heterocycles. The molecule has 1 aliphatic rings. The number of rotatable bonds is 6. The first kappa shape index (κ1) is 15.3. The maximum Gasteiger partial charge on any atom is 0.0469 e. The third-order valence-electron chi connectivity index (χ3n) is 4.36. The summed E-state index contributed by atoms with van der Waals surface area (Å²) in [5.74, 6) is 1.41. The summed E-state index contributed by atoms with van der Waals surface area (Å²) in [6.07, 6.45) is 3.64. The molecule has 0 aliphatic carbocycles. The molecule has 0 amide bonds. The monoisotopic (exact) mass is 276 g/mol. The Kier molecular flexibility index (Phi) is 5.86. The number of ether oxygens (including phenoxy) is 1. The number of benzene rings is 1. The minimum Gasteiger partial charge on any atom is -0.399 e. The first-order valence-electron chi connectivity index (χ1n) is 7.77. The summed E-state index contributed by atoms with van der Waals surface area (Å²) < 4.78 is 5.42. The lowest BCUT2D eigenvalue weighted by molar-refractivity contribution is 0.0555. The molecule has 0 radical (unpaired) electrons. The number of nitrogens with zero attached hydrogens (tertiary/aromatic N) is 1. The molecule has 1 unspecified atom stereocenters. The Morgan fingerprint density at radius 2 is 1.90 bits per heavy atom. The van der Waals surface area contributed by atoms with Crippen molar-refractivity contribution in [3.05, 3.63) is 29.8 Å². The van der Waals surface area contributed by atoms with E-state index in [1.54, 1.807) is 0 Å². The molecule has 1 aromatic rings. The molecule has 3 heteroatoms. The molecule has 112 valence electrons. The molecule has 3 nitrogen and oxygen atoms in total. The van der Waals surface area contributed by atoms with Gasteiger partial charge in [0, 0.05) is 25.4 Å². The summed E-state index contributed by atoms with van der Waals surface area (Å²) in [5, 5.41) is 0. The van der Waals surface area contributed by atoms with Gasteiger partial charge in [-0.1, -0.05) is 19.1 Å². The van der Waals surface area contributed by atoms with Crippen LogP contribution >= 0.6 is 0 Å². The number of nitrogen functional groups attached to an aromatic ring is 1. The van der Waals surface area contributed by atoms with Gasteiger partial charge in [-0.05, 0) is 62.4 Å². The molecular weight excluding hydrogens is 248 g/mol. The van der Waals surface area contributed by atoms with Crippen molar-refractivity contribution in [1.29, 1.82) is 0 Å². The summed E-state index contributed by atoms with van der Waals surface area (Å²) in [5.41, 5.74) is 7.97. The van der Waals surface area contributed by atoms with Crippen molar-refractivity contribution in [3.8, 4) is 0 Å².